The summed E-state index contributed by atoms with van der Waals surface area (Å²) in [4.78, 5) is 48.3. The van der Waals surface area contributed by atoms with Crippen LogP contribution in [0.3, 0.4) is 0 Å². The summed E-state index contributed by atoms with van der Waals surface area (Å²) in [5, 5.41) is 12.9. The van der Waals surface area contributed by atoms with Crippen LogP contribution in [0.25, 0.3) is 0 Å². The highest BCUT2D eigenvalue weighted by molar-refractivity contribution is 7.89. The first-order valence-electron chi connectivity index (χ1n) is 16.7. The lowest BCUT2D eigenvalue weighted by Gasteiger charge is -2.35. The van der Waals surface area contributed by atoms with Crippen molar-refractivity contribution in [2.45, 2.75) is 43.6 Å². The maximum atomic E-state index is 13.6. The van der Waals surface area contributed by atoms with Crippen LogP contribution in [0.2, 0.25) is 12.0 Å². The van der Waals surface area contributed by atoms with Crippen LogP contribution < -0.4 is 15.1 Å². The molecule has 0 radical (unpaired) electrons. The standard InChI is InChI=1S/C34H40BClN6O7S/c1-35(46)40-13-5-8-25(21-40)33(44)26-18-30(36)38-31(19-26)39-14-16-41(17-15-39)50(47,48)29-11-9-28(10-12-29)42-22-27(20-32(42)43)37-34(45)49-23-24-6-3-2-4-7-24/h2-4,6-7,9-12,18-19,25,27,46H,5,8,13-17,20-23H2,1H3,(H,37,45)/t25?,27-/m1/s1. The van der Waals surface area contributed by atoms with E-state index in [1.807, 2.05) is 40.0 Å². The number of carbonyl (C=O) groups excluding carboxylic acids is 3. The maximum absolute atomic E-state index is 13.6. The number of ether oxygens (including phenoxy) is 1. The molecule has 2 amide bonds. The third-order valence-electron chi connectivity index (χ3n) is 9.43. The number of rotatable bonds is 10. The predicted octanol–water partition coefficient (Wildman–Crippen LogP) is 3.28. The molecule has 3 saturated heterocycles. The van der Waals surface area contributed by atoms with Gasteiger partial charge in [0.05, 0.1) is 10.9 Å². The van der Waals surface area contributed by atoms with Crippen molar-refractivity contribution in [2.24, 2.45) is 5.92 Å². The van der Waals surface area contributed by atoms with Crippen LogP contribution in [0.5, 0.6) is 0 Å². The van der Waals surface area contributed by atoms with Gasteiger partial charge in [0, 0.05) is 56.3 Å². The van der Waals surface area contributed by atoms with Gasteiger partial charge in [-0.15, -0.1) is 0 Å². The number of sulfonamides is 1. The molecule has 1 aromatic heterocycles. The molecule has 6 rings (SSSR count). The number of hydrogen-bond donors (Lipinski definition) is 2. The van der Waals surface area contributed by atoms with E-state index in [1.54, 1.807) is 31.1 Å². The molecule has 2 N–H and O–H groups in total. The Bertz CT molecular complexity index is 1810. The van der Waals surface area contributed by atoms with Gasteiger partial charge in [-0.3, -0.25) is 9.59 Å². The Morgan fingerprint density at radius 1 is 1.02 bits per heavy atom. The van der Waals surface area contributed by atoms with Crippen LogP contribution in [-0.4, -0.2) is 104 Å². The zero-order chi connectivity index (χ0) is 35.4. The van der Waals surface area contributed by atoms with Crippen LogP contribution in [0.15, 0.2) is 71.6 Å². The van der Waals surface area contributed by atoms with Crippen molar-refractivity contribution < 1.29 is 32.6 Å². The van der Waals surface area contributed by atoms with Crippen molar-refractivity contribution in [1.82, 2.24) is 19.4 Å². The van der Waals surface area contributed by atoms with E-state index in [2.05, 4.69) is 10.3 Å². The van der Waals surface area contributed by atoms with Crippen LogP contribution in [0, 0.1) is 5.92 Å². The molecular formula is C34H40BClN6O7S. The fourth-order valence-electron chi connectivity index (χ4n) is 6.67. The Labute approximate surface area is 297 Å². The quantitative estimate of drug-likeness (QED) is 0.181. The molecule has 0 bridgehead atoms. The molecule has 4 heterocycles. The lowest BCUT2D eigenvalue weighted by atomic mass is 9.79. The molecule has 2 aromatic carbocycles. The van der Waals surface area contributed by atoms with E-state index >= 15 is 0 Å². The number of amides is 2. The average molecular weight is 723 g/mol. The summed E-state index contributed by atoms with van der Waals surface area (Å²) in [6, 6.07) is 18.3. The minimum Gasteiger partial charge on any atom is -0.445 e. The van der Waals surface area contributed by atoms with Gasteiger partial charge in [-0.2, -0.15) is 4.31 Å². The number of piperazine rings is 1. The van der Waals surface area contributed by atoms with Crippen LogP contribution >= 0.6 is 11.6 Å². The van der Waals surface area contributed by atoms with Crippen molar-refractivity contribution in [2.75, 3.05) is 55.6 Å². The highest BCUT2D eigenvalue weighted by Crippen LogP contribution is 2.28. The number of Topliss-reactive ketones (excluding diaryl/α,β-unsaturated/α-hetero) is 1. The van der Waals surface area contributed by atoms with E-state index in [4.69, 9.17) is 16.3 Å². The lowest BCUT2D eigenvalue weighted by molar-refractivity contribution is -0.117. The van der Waals surface area contributed by atoms with Gasteiger partial charge in [-0.05, 0) is 74.7 Å². The van der Waals surface area contributed by atoms with Gasteiger partial charge < -0.3 is 29.7 Å². The van der Waals surface area contributed by atoms with Crippen LogP contribution in [-0.2, 0) is 26.2 Å². The maximum Gasteiger partial charge on any atom is 0.407 e. The number of halogens is 1. The molecule has 0 aliphatic carbocycles. The molecule has 3 fully saturated rings. The van der Waals surface area contributed by atoms with E-state index in [-0.39, 0.29) is 60.3 Å². The Morgan fingerprint density at radius 2 is 1.74 bits per heavy atom. The first kappa shape index (κ1) is 35.8. The normalized spacial score (nSPS) is 20.5. The van der Waals surface area contributed by atoms with Gasteiger partial charge >= 0.3 is 13.1 Å². The van der Waals surface area contributed by atoms with Crippen molar-refractivity contribution >= 4 is 58.0 Å². The van der Waals surface area contributed by atoms with Crippen molar-refractivity contribution in [3.63, 3.8) is 0 Å². The summed E-state index contributed by atoms with van der Waals surface area (Å²) in [6.07, 6.45) is 1.03. The van der Waals surface area contributed by atoms with Crippen LogP contribution in [0.1, 0.15) is 35.2 Å². The fraction of sp³-hybridized carbons (Fsp3) is 0.412. The third kappa shape index (κ3) is 8.29. The average Bonchev–Trinajstić information content (AvgIpc) is 3.49. The van der Waals surface area contributed by atoms with Gasteiger partial charge in [-0.25, -0.2) is 18.2 Å². The first-order valence-corrected chi connectivity index (χ1v) is 18.6. The second kappa shape index (κ2) is 15.5. The second-order valence-electron chi connectivity index (χ2n) is 12.9. The highest BCUT2D eigenvalue weighted by atomic mass is 35.5. The zero-order valence-corrected chi connectivity index (χ0v) is 29.4. The number of carbonyl (C=O) groups is 3. The fourth-order valence-corrected chi connectivity index (χ4v) is 8.30. The summed E-state index contributed by atoms with van der Waals surface area (Å²) < 4.78 is 33.8. The molecule has 3 aliphatic rings. The number of anilines is 2. The smallest absolute Gasteiger partial charge is 0.407 e. The van der Waals surface area contributed by atoms with Gasteiger partial charge in [-0.1, -0.05) is 41.9 Å². The lowest BCUT2D eigenvalue weighted by Crippen LogP contribution is -2.49. The van der Waals surface area contributed by atoms with E-state index in [9.17, 15) is 27.8 Å². The SMILES string of the molecule is CB(O)N1CCCC(C(=O)c2cc(Cl)nc(N3CCN(S(=O)(=O)c4ccc(N5C[C@H](NC(=O)OCc6ccccc6)CC5=O)cc4)CC3)c2)C1. The third-order valence-corrected chi connectivity index (χ3v) is 11.5. The summed E-state index contributed by atoms with van der Waals surface area (Å²) in [5.74, 6) is 0.0195. The predicted molar refractivity (Wildman–Crippen MR) is 190 cm³/mol. The number of nitrogens with zero attached hydrogens (tertiary/aromatic N) is 5. The Hall–Kier alpha value is -4.02. The molecule has 2 atom stereocenters. The number of benzene rings is 2. The summed E-state index contributed by atoms with van der Waals surface area (Å²) in [7, 11) is -4.45. The van der Waals surface area contributed by atoms with Gasteiger partial charge in [0.25, 0.3) is 0 Å². The number of pyridine rings is 1. The van der Waals surface area contributed by atoms with E-state index < -0.39 is 29.2 Å². The van der Waals surface area contributed by atoms with E-state index in [1.165, 1.54) is 21.3 Å². The Balaban J connectivity index is 1.03. The van der Waals surface area contributed by atoms with Crippen molar-refractivity contribution in [3.05, 3.63) is 83.0 Å². The van der Waals surface area contributed by atoms with Crippen LogP contribution in [0.4, 0.5) is 16.3 Å². The molecule has 13 nitrogen and oxygen atoms in total. The molecule has 16 heteroatoms. The second-order valence-corrected chi connectivity index (χ2v) is 15.2. The Morgan fingerprint density at radius 3 is 2.44 bits per heavy atom. The minimum atomic E-state index is -3.83. The molecule has 264 valence electrons. The number of piperidine rings is 1. The Kier molecular flexibility index (Phi) is 11.1. The van der Waals surface area contributed by atoms with E-state index in [0.29, 0.717) is 36.7 Å². The number of hydrogen-bond acceptors (Lipinski definition) is 10. The number of alkyl carbamates (subject to hydrolysis) is 1. The molecule has 3 aliphatic heterocycles. The van der Waals surface area contributed by atoms with Gasteiger partial charge in [0.1, 0.15) is 17.6 Å². The van der Waals surface area contributed by atoms with Gasteiger partial charge in [0.2, 0.25) is 15.9 Å². The molecule has 50 heavy (non-hydrogen) atoms. The summed E-state index contributed by atoms with van der Waals surface area (Å²) >= 11 is 6.35. The summed E-state index contributed by atoms with van der Waals surface area (Å²) in [6.45, 7) is 4.37. The minimum absolute atomic E-state index is 0.0469. The molecule has 0 saturated carbocycles. The first-order chi connectivity index (χ1) is 24.0. The van der Waals surface area contributed by atoms with Gasteiger partial charge in [0.15, 0.2) is 5.78 Å². The number of aromatic nitrogens is 1. The summed E-state index contributed by atoms with van der Waals surface area (Å²) in [5.41, 5.74) is 1.84. The monoisotopic (exact) mass is 722 g/mol. The van der Waals surface area contributed by atoms with E-state index in [0.717, 1.165) is 24.9 Å². The van der Waals surface area contributed by atoms with Crippen molar-refractivity contribution in [1.29, 1.82) is 0 Å². The molecule has 1 unspecified atom stereocenters. The number of nitrogens with one attached hydrogen (secondary N) is 1. The van der Waals surface area contributed by atoms with Crippen molar-refractivity contribution in [3.8, 4) is 0 Å². The zero-order valence-electron chi connectivity index (χ0n) is 27.8. The molecule has 3 aromatic rings. The molecule has 0 spiro atoms. The topological polar surface area (TPSA) is 153 Å². The number of ketones is 1. The highest BCUT2D eigenvalue weighted by Gasteiger charge is 2.34. The largest absolute Gasteiger partial charge is 0.445 e. The molecular weight excluding hydrogens is 683 g/mol.